The summed E-state index contributed by atoms with van der Waals surface area (Å²) in [7, 11) is 3.23. The molecule has 2 heterocycles. The quantitative estimate of drug-likeness (QED) is 0.673. The number of piperidine rings is 1. The Bertz CT molecular complexity index is 894. The zero-order valence-corrected chi connectivity index (χ0v) is 17.8. The molecule has 2 aliphatic rings. The van der Waals surface area contributed by atoms with E-state index in [9.17, 15) is 10.2 Å². The van der Waals surface area contributed by atoms with Gasteiger partial charge in [0.05, 0.1) is 19.8 Å². The fourth-order valence-corrected chi connectivity index (χ4v) is 5.21. The van der Waals surface area contributed by atoms with Crippen molar-refractivity contribution in [1.82, 2.24) is 4.90 Å². The normalized spacial score (nSPS) is 25.8. The molecule has 3 atom stereocenters. The Morgan fingerprint density at radius 3 is 2.33 bits per heavy atom. The lowest BCUT2D eigenvalue weighted by Gasteiger charge is -2.44. The second-order valence-corrected chi connectivity index (χ2v) is 8.52. The molecular formula is C25H31NO4. The highest BCUT2D eigenvalue weighted by molar-refractivity contribution is 5.49. The number of hydrogen-bond acceptors (Lipinski definition) is 5. The van der Waals surface area contributed by atoms with Gasteiger partial charge in [-0.3, -0.25) is 4.90 Å². The van der Waals surface area contributed by atoms with E-state index in [2.05, 4.69) is 11.5 Å². The van der Waals surface area contributed by atoms with E-state index < -0.39 is 5.60 Å². The SMILES string of the molecule is C=CCc1cc(CN2[C@@H]3CC[C@H]2CC(O)(c2ccc(OC)cc2)C3)cc(OC)c1O. The van der Waals surface area contributed by atoms with E-state index in [0.717, 1.165) is 54.7 Å². The van der Waals surface area contributed by atoms with Crippen molar-refractivity contribution >= 4 is 0 Å². The molecule has 0 saturated carbocycles. The average molecular weight is 410 g/mol. The monoisotopic (exact) mass is 409 g/mol. The molecule has 0 radical (unpaired) electrons. The highest BCUT2D eigenvalue weighted by atomic mass is 16.5. The van der Waals surface area contributed by atoms with Crippen LogP contribution in [-0.4, -0.2) is 41.4 Å². The highest BCUT2D eigenvalue weighted by Gasteiger charge is 2.48. The summed E-state index contributed by atoms with van der Waals surface area (Å²) in [5.74, 6) is 1.50. The van der Waals surface area contributed by atoms with E-state index in [0.29, 0.717) is 24.3 Å². The molecule has 0 spiro atoms. The molecule has 0 aromatic heterocycles. The van der Waals surface area contributed by atoms with Gasteiger partial charge < -0.3 is 19.7 Å². The van der Waals surface area contributed by atoms with Crippen LogP contribution in [0.25, 0.3) is 0 Å². The maximum Gasteiger partial charge on any atom is 0.161 e. The Morgan fingerprint density at radius 1 is 1.10 bits per heavy atom. The van der Waals surface area contributed by atoms with Gasteiger partial charge in [-0.2, -0.15) is 0 Å². The van der Waals surface area contributed by atoms with Crippen molar-refractivity contribution in [3.05, 3.63) is 65.7 Å². The third-order valence-corrected chi connectivity index (χ3v) is 6.71. The van der Waals surface area contributed by atoms with Crippen molar-refractivity contribution in [2.45, 2.75) is 56.3 Å². The van der Waals surface area contributed by atoms with Crippen molar-refractivity contribution in [2.24, 2.45) is 0 Å². The number of aromatic hydroxyl groups is 1. The summed E-state index contributed by atoms with van der Waals surface area (Å²) < 4.78 is 10.6. The number of benzene rings is 2. The van der Waals surface area contributed by atoms with Gasteiger partial charge in [-0.25, -0.2) is 0 Å². The number of nitrogens with zero attached hydrogens (tertiary/aromatic N) is 1. The molecule has 2 aromatic carbocycles. The van der Waals surface area contributed by atoms with Crippen LogP contribution in [0.2, 0.25) is 0 Å². The topological polar surface area (TPSA) is 62.2 Å². The number of aliphatic hydroxyl groups is 1. The zero-order valence-electron chi connectivity index (χ0n) is 17.8. The first kappa shape index (κ1) is 20.8. The Morgan fingerprint density at radius 2 is 1.77 bits per heavy atom. The van der Waals surface area contributed by atoms with Gasteiger partial charge >= 0.3 is 0 Å². The molecule has 2 N–H and O–H groups in total. The molecule has 2 aliphatic heterocycles. The van der Waals surface area contributed by atoms with Crippen molar-refractivity contribution < 1.29 is 19.7 Å². The Hall–Kier alpha value is -2.50. The molecule has 0 aliphatic carbocycles. The first-order chi connectivity index (χ1) is 14.5. The summed E-state index contributed by atoms with van der Waals surface area (Å²) >= 11 is 0. The van der Waals surface area contributed by atoms with E-state index in [1.807, 2.05) is 36.4 Å². The smallest absolute Gasteiger partial charge is 0.161 e. The fourth-order valence-electron chi connectivity index (χ4n) is 5.21. The number of fused-ring (bicyclic) bond motifs is 2. The number of rotatable bonds is 7. The third-order valence-electron chi connectivity index (χ3n) is 6.71. The highest BCUT2D eigenvalue weighted by Crippen LogP contribution is 2.46. The minimum absolute atomic E-state index is 0.191. The molecule has 4 rings (SSSR count). The maximum atomic E-state index is 11.5. The summed E-state index contributed by atoms with van der Waals surface area (Å²) in [5, 5.41) is 21.8. The molecule has 2 bridgehead atoms. The molecule has 5 nitrogen and oxygen atoms in total. The number of phenols is 1. The largest absolute Gasteiger partial charge is 0.504 e. The van der Waals surface area contributed by atoms with Gasteiger partial charge in [0.25, 0.3) is 0 Å². The predicted octanol–water partition coefficient (Wildman–Crippen LogP) is 4.15. The molecule has 2 aromatic rings. The predicted molar refractivity (Wildman–Crippen MR) is 117 cm³/mol. The summed E-state index contributed by atoms with van der Waals surface area (Å²) in [4.78, 5) is 2.52. The lowest BCUT2D eigenvalue weighted by molar-refractivity contribution is -0.0595. The van der Waals surface area contributed by atoms with E-state index in [1.165, 1.54) is 0 Å². The lowest BCUT2D eigenvalue weighted by Crippen LogP contribution is -2.49. The van der Waals surface area contributed by atoms with Crippen molar-refractivity contribution in [2.75, 3.05) is 14.2 Å². The van der Waals surface area contributed by atoms with Crippen LogP contribution in [0.3, 0.4) is 0 Å². The van der Waals surface area contributed by atoms with E-state index >= 15 is 0 Å². The van der Waals surface area contributed by atoms with Crippen LogP contribution in [-0.2, 0) is 18.6 Å². The number of allylic oxidation sites excluding steroid dienone is 1. The zero-order chi connectivity index (χ0) is 21.3. The summed E-state index contributed by atoms with van der Waals surface area (Å²) in [6.07, 6.45) is 6.03. The molecular weight excluding hydrogens is 378 g/mol. The van der Waals surface area contributed by atoms with Crippen molar-refractivity contribution in [3.8, 4) is 17.2 Å². The van der Waals surface area contributed by atoms with Crippen LogP contribution in [0.1, 0.15) is 42.4 Å². The van der Waals surface area contributed by atoms with Gasteiger partial charge in [0.1, 0.15) is 5.75 Å². The number of phenolic OH excluding ortho intramolecular Hbond substituents is 1. The standard InChI is InChI=1S/C25H31NO4/c1-4-5-18-12-17(13-23(30-3)24(18)27)16-26-20-8-9-21(26)15-25(28,14-20)19-6-10-22(29-2)11-7-19/h4,6-7,10-13,20-21,27-28H,1,5,8-9,14-16H2,2-3H3/t20-,21+,25?. The maximum absolute atomic E-state index is 11.5. The minimum Gasteiger partial charge on any atom is -0.504 e. The molecule has 2 saturated heterocycles. The Kier molecular flexibility index (Phi) is 5.76. The van der Waals surface area contributed by atoms with Crippen LogP contribution in [0, 0.1) is 0 Å². The molecule has 2 fully saturated rings. The summed E-state index contributed by atoms with van der Waals surface area (Å²) in [5.41, 5.74) is 2.13. The first-order valence-electron chi connectivity index (χ1n) is 10.6. The number of ether oxygens (including phenoxy) is 2. The van der Waals surface area contributed by atoms with Gasteiger partial charge in [-0.05, 0) is 61.4 Å². The van der Waals surface area contributed by atoms with Crippen LogP contribution < -0.4 is 9.47 Å². The fraction of sp³-hybridized carbons (Fsp3) is 0.440. The number of hydrogen-bond donors (Lipinski definition) is 2. The minimum atomic E-state index is -0.796. The summed E-state index contributed by atoms with van der Waals surface area (Å²) in [6.45, 7) is 4.58. The average Bonchev–Trinajstić information content (AvgIpc) is 2.99. The molecule has 30 heavy (non-hydrogen) atoms. The Balaban J connectivity index is 1.54. The van der Waals surface area contributed by atoms with Gasteiger partial charge in [0, 0.05) is 24.2 Å². The summed E-state index contributed by atoms with van der Waals surface area (Å²) in [6, 6.07) is 12.4. The van der Waals surface area contributed by atoms with Crippen molar-refractivity contribution in [1.29, 1.82) is 0 Å². The van der Waals surface area contributed by atoms with Gasteiger partial charge in [0.15, 0.2) is 11.5 Å². The van der Waals surface area contributed by atoms with Gasteiger partial charge in [-0.15, -0.1) is 6.58 Å². The lowest BCUT2D eigenvalue weighted by atomic mass is 9.80. The van der Waals surface area contributed by atoms with Crippen molar-refractivity contribution in [3.63, 3.8) is 0 Å². The van der Waals surface area contributed by atoms with E-state index in [-0.39, 0.29) is 5.75 Å². The van der Waals surface area contributed by atoms with Gasteiger partial charge in [0.2, 0.25) is 0 Å². The molecule has 160 valence electrons. The first-order valence-corrected chi connectivity index (χ1v) is 10.6. The molecule has 1 unspecified atom stereocenters. The second-order valence-electron chi connectivity index (χ2n) is 8.52. The van der Waals surface area contributed by atoms with Crippen LogP contribution in [0.15, 0.2) is 49.1 Å². The molecule has 0 amide bonds. The van der Waals surface area contributed by atoms with E-state index in [4.69, 9.17) is 9.47 Å². The third kappa shape index (κ3) is 3.80. The van der Waals surface area contributed by atoms with E-state index in [1.54, 1.807) is 20.3 Å². The van der Waals surface area contributed by atoms with Crippen LogP contribution >= 0.6 is 0 Å². The van der Waals surface area contributed by atoms with Crippen LogP contribution in [0.4, 0.5) is 0 Å². The van der Waals surface area contributed by atoms with Gasteiger partial charge in [-0.1, -0.05) is 24.3 Å². The Labute approximate surface area is 178 Å². The second kappa shape index (κ2) is 8.32. The van der Waals surface area contributed by atoms with Crippen LogP contribution in [0.5, 0.6) is 17.2 Å². The number of methoxy groups -OCH3 is 2. The molecule has 5 heteroatoms.